The maximum Gasteiger partial charge on any atom is 0.291 e. The van der Waals surface area contributed by atoms with Crippen molar-refractivity contribution in [3.8, 4) is 17.2 Å². The van der Waals surface area contributed by atoms with E-state index in [0.29, 0.717) is 27.8 Å². The molecule has 0 aliphatic rings. The highest BCUT2D eigenvalue weighted by molar-refractivity contribution is 6.30. The molecule has 0 unspecified atom stereocenters. The molecule has 194 valence electrons. The highest BCUT2D eigenvalue weighted by Crippen LogP contribution is 2.32. The fraction of sp³-hybridized carbons (Fsp3) is 0.115. The summed E-state index contributed by atoms with van der Waals surface area (Å²) < 4.78 is 16.9. The molecule has 0 fully saturated rings. The minimum absolute atomic E-state index is 0.0210. The molecule has 38 heavy (non-hydrogen) atoms. The minimum atomic E-state index is -0.642. The summed E-state index contributed by atoms with van der Waals surface area (Å²) in [6.07, 6.45) is 0. The molecule has 1 aromatic heterocycles. The van der Waals surface area contributed by atoms with Gasteiger partial charge in [-0.1, -0.05) is 11.6 Å². The van der Waals surface area contributed by atoms with Crippen molar-refractivity contribution in [1.82, 2.24) is 0 Å². The Hall–Kier alpha value is -4.90. The zero-order valence-electron chi connectivity index (χ0n) is 20.1. The molecule has 3 aromatic carbocycles. The number of carbonyl (C=O) groups is 1. The van der Waals surface area contributed by atoms with Gasteiger partial charge in [0.05, 0.1) is 21.6 Å². The van der Waals surface area contributed by atoms with Crippen LogP contribution in [0.4, 0.5) is 17.1 Å². The Bertz CT molecular complexity index is 1550. The van der Waals surface area contributed by atoms with E-state index in [1.54, 1.807) is 38.1 Å². The number of nitrogens with one attached hydrogen (secondary N) is 1. The van der Waals surface area contributed by atoms with Gasteiger partial charge in [0.2, 0.25) is 0 Å². The van der Waals surface area contributed by atoms with Crippen molar-refractivity contribution in [3.63, 3.8) is 0 Å². The first-order valence-electron chi connectivity index (χ1n) is 11.1. The van der Waals surface area contributed by atoms with E-state index in [9.17, 15) is 25.0 Å². The van der Waals surface area contributed by atoms with Gasteiger partial charge in [-0.05, 0) is 61.9 Å². The second kappa shape index (κ2) is 11.0. The molecule has 0 saturated carbocycles. The van der Waals surface area contributed by atoms with Gasteiger partial charge in [-0.2, -0.15) is 0 Å². The summed E-state index contributed by atoms with van der Waals surface area (Å²) in [6, 6.07) is 16.2. The third-order valence-electron chi connectivity index (χ3n) is 5.36. The van der Waals surface area contributed by atoms with Crippen molar-refractivity contribution in [1.29, 1.82) is 0 Å². The van der Waals surface area contributed by atoms with Crippen molar-refractivity contribution in [2.45, 2.75) is 20.5 Å². The molecular formula is C26H20ClN3O8. The number of benzene rings is 3. The molecule has 0 spiro atoms. The standard InChI is InChI=1S/C26H20ClN3O8/c1-15-10-20(4-6-23(15)30(34)35)36-14-21-5-8-25(37-21)26(31)28-18-11-19(29(32)33)13-22(12-18)38-24-7-3-17(27)9-16(24)2/h3-13H,14H2,1-2H3,(H,28,31). The van der Waals surface area contributed by atoms with Crippen LogP contribution in [0.15, 0.2) is 71.1 Å². The topological polar surface area (TPSA) is 147 Å². The van der Waals surface area contributed by atoms with Crippen LogP contribution in [0.3, 0.4) is 0 Å². The van der Waals surface area contributed by atoms with Crippen LogP contribution in [0.5, 0.6) is 17.2 Å². The first kappa shape index (κ1) is 26.2. The third kappa shape index (κ3) is 6.26. The summed E-state index contributed by atoms with van der Waals surface area (Å²) in [6.45, 7) is 3.35. The van der Waals surface area contributed by atoms with E-state index in [4.69, 9.17) is 25.5 Å². The van der Waals surface area contributed by atoms with Crippen LogP contribution in [0.1, 0.15) is 27.4 Å². The first-order chi connectivity index (χ1) is 18.1. The Morgan fingerprint density at radius 3 is 2.39 bits per heavy atom. The Labute approximate surface area is 220 Å². The molecule has 4 aromatic rings. The fourth-order valence-corrected chi connectivity index (χ4v) is 3.75. The number of nitro groups is 2. The second-order valence-electron chi connectivity index (χ2n) is 8.20. The minimum Gasteiger partial charge on any atom is -0.486 e. The van der Waals surface area contributed by atoms with Crippen LogP contribution < -0.4 is 14.8 Å². The summed E-state index contributed by atoms with van der Waals surface area (Å²) in [5.74, 6) is 0.628. The second-order valence-corrected chi connectivity index (χ2v) is 8.64. The number of aryl methyl sites for hydroxylation is 2. The lowest BCUT2D eigenvalue weighted by Gasteiger charge is -2.11. The summed E-state index contributed by atoms with van der Waals surface area (Å²) >= 11 is 5.97. The summed E-state index contributed by atoms with van der Waals surface area (Å²) in [7, 11) is 0. The van der Waals surface area contributed by atoms with Crippen LogP contribution in [0.25, 0.3) is 0 Å². The van der Waals surface area contributed by atoms with Crippen LogP contribution in [0, 0.1) is 34.1 Å². The molecule has 0 saturated heterocycles. The van der Waals surface area contributed by atoms with Crippen molar-refractivity contribution < 1.29 is 28.5 Å². The number of non-ortho nitro benzene ring substituents is 1. The highest BCUT2D eigenvalue weighted by Gasteiger charge is 2.17. The zero-order chi connectivity index (χ0) is 27.4. The number of rotatable bonds is 9. The molecule has 1 N–H and O–H groups in total. The molecule has 0 bridgehead atoms. The molecule has 0 aliphatic carbocycles. The Morgan fingerprint density at radius 1 is 0.921 bits per heavy atom. The fourth-order valence-electron chi connectivity index (χ4n) is 3.52. The van der Waals surface area contributed by atoms with Gasteiger partial charge < -0.3 is 19.2 Å². The number of halogens is 1. The van der Waals surface area contributed by atoms with E-state index >= 15 is 0 Å². The average Bonchev–Trinajstić information content (AvgIpc) is 3.33. The Kier molecular flexibility index (Phi) is 7.58. The van der Waals surface area contributed by atoms with Crippen LogP contribution in [-0.4, -0.2) is 15.8 Å². The molecule has 1 heterocycles. The van der Waals surface area contributed by atoms with E-state index in [0.717, 1.165) is 5.56 Å². The molecule has 0 atom stereocenters. The van der Waals surface area contributed by atoms with Gasteiger partial charge in [-0.25, -0.2) is 0 Å². The lowest BCUT2D eigenvalue weighted by atomic mass is 10.2. The van der Waals surface area contributed by atoms with Crippen LogP contribution in [-0.2, 0) is 6.61 Å². The van der Waals surface area contributed by atoms with Gasteiger partial charge in [-0.15, -0.1) is 0 Å². The number of amides is 1. The molecule has 11 nitrogen and oxygen atoms in total. The molecular weight excluding hydrogens is 518 g/mol. The number of furan rings is 1. The van der Waals surface area contributed by atoms with Gasteiger partial charge >= 0.3 is 0 Å². The van der Waals surface area contributed by atoms with E-state index in [1.807, 2.05) is 0 Å². The van der Waals surface area contributed by atoms with Gasteiger partial charge in [0, 0.05) is 28.8 Å². The third-order valence-corrected chi connectivity index (χ3v) is 5.59. The van der Waals surface area contributed by atoms with E-state index < -0.39 is 15.8 Å². The van der Waals surface area contributed by atoms with Gasteiger partial charge in [0.15, 0.2) is 5.76 Å². The molecule has 1 amide bonds. The lowest BCUT2D eigenvalue weighted by molar-refractivity contribution is -0.385. The van der Waals surface area contributed by atoms with Gasteiger partial charge in [0.1, 0.15) is 29.6 Å². The maximum absolute atomic E-state index is 12.8. The molecule has 0 aliphatic heterocycles. The monoisotopic (exact) mass is 537 g/mol. The Morgan fingerprint density at radius 2 is 1.71 bits per heavy atom. The predicted molar refractivity (Wildman–Crippen MR) is 138 cm³/mol. The van der Waals surface area contributed by atoms with Crippen LogP contribution >= 0.6 is 11.6 Å². The largest absolute Gasteiger partial charge is 0.486 e. The summed E-state index contributed by atoms with van der Waals surface area (Å²) in [5, 5.41) is 25.5. The number of carbonyl (C=O) groups excluding carboxylic acids is 1. The normalized spacial score (nSPS) is 10.6. The number of hydrogen-bond acceptors (Lipinski definition) is 8. The van der Waals surface area contributed by atoms with E-state index in [2.05, 4.69) is 5.32 Å². The Balaban J connectivity index is 1.45. The molecule has 0 radical (unpaired) electrons. The lowest BCUT2D eigenvalue weighted by Crippen LogP contribution is -2.11. The van der Waals surface area contributed by atoms with Gasteiger partial charge in [-0.3, -0.25) is 25.0 Å². The van der Waals surface area contributed by atoms with Crippen molar-refractivity contribution in [2.75, 3.05) is 5.32 Å². The smallest absolute Gasteiger partial charge is 0.291 e. The number of nitrogens with zero attached hydrogens (tertiary/aromatic N) is 2. The van der Waals surface area contributed by atoms with E-state index in [1.165, 1.54) is 42.5 Å². The highest BCUT2D eigenvalue weighted by atomic mass is 35.5. The summed E-state index contributed by atoms with van der Waals surface area (Å²) in [4.78, 5) is 34.1. The van der Waals surface area contributed by atoms with Gasteiger partial charge in [0.25, 0.3) is 17.3 Å². The molecule has 4 rings (SSSR count). The van der Waals surface area contributed by atoms with Crippen LogP contribution in [0.2, 0.25) is 5.02 Å². The number of nitro benzene ring substituents is 2. The predicted octanol–water partition coefficient (Wildman–Crippen LogP) is 6.99. The number of anilines is 1. The van der Waals surface area contributed by atoms with Crippen molar-refractivity contribution >= 4 is 34.6 Å². The average molecular weight is 538 g/mol. The quantitative estimate of drug-likeness (QED) is 0.177. The van der Waals surface area contributed by atoms with Crippen molar-refractivity contribution in [3.05, 3.63) is 115 Å². The SMILES string of the molecule is Cc1cc(Cl)ccc1Oc1cc(NC(=O)c2ccc(COc3ccc([N+](=O)[O-])c(C)c3)o2)cc([N+](=O)[O-])c1. The number of ether oxygens (including phenoxy) is 2. The van der Waals surface area contributed by atoms with Crippen molar-refractivity contribution in [2.24, 2.45) is 0 Å². The molecule has 12 heteroatoms. The number of hydrogen-bond donors (Lipinski definition) is 1. The summed E-state index contributed by atoms with van der Waals surface area (Å²) in [5.41, 5.74) is 0.993. The zero-order valence-corrected chi connectivity index (χ0v) is 20.9. The maximum atomic E-state index is 12.8. The first-order valence-corrected chi connectivity index (χ1v) is 11.5. The van der Waals surface area contributed by atoms with E-state index in [-0.39, 0.29) is 35.2 Å².